The first kappa shape index (κ1) is 14.3. The predicted molar refractivity (Wildman–Crippen MR) is 73.1 cm³/mol. The standard InChI is InChI=1S/C14H25N3O2/c15-12(18)6-5-11-4-3-9-17(10-11)13(19)14(16)7-1-2-8-14/h11H,1-10,16H2,(H2,15,18). The molecule has 0 spiro atoms. The van der Waals surface area contributed by atoms with Gasteiger partial charge < -0.3 is 16.4 Å². The number of carbonyl (C=O) groups is 2. The van der Waals surface area contributed by atoms with E-state index in [1.807, 2.05) is 4.90 Å². The minimum atomic E-state index is -0.619. The van der Waals surface area contributed by atoms with Crippen molar-refractivity contribution in [3.05, 3.63) is 0 Å². The lowest BCUT2D eigenvalue weighted by atomic mass is 9.90. The predicted octanol–water partition coefficient (Wildman–Crippen LogP) is 0.762. The molecule has 1 unspecified atom stereocenters. The monoisotopic (exact) mass is 267 g/mol. The molecule has 1 saturated heterocycles. The first-order valence-corrected chi connectivity index (χ1v) is 7.38. The Morgan fingerprint density at radius 1 is 1.21 bits per heavy atom. The lowest BCUT2D eigenvalue weighted by Gasteiger charge is -2.37. The number of carbonyl (C=O) groups excluding carboxylic acids is 2. The summed E-state index contributed by atoms with van der Waals surface area (Å²) < 4.78 is 0. The molecule has 0 bridgehead atoms. The van der Waals surface area contributed by atoms with Crippen LogP contribution in [0.5, 0.6) is 0 Å². The average molecular weight is 267 g/mol. The molecule has 2 amide bonds. The van der Waals surface area contributed by atoms with Gasteiger partial charge in [-0.3, -0.25) is 9.59 Å². The van der Waals surface area contributed by atoms with Crippen molar-refractivity contribution in [3.8, 4) is 0 Å². The van der Waals surface area contributed by atoms with Crippen LogP contribution in [0, 0.1) is 5.92 Å². The van der Waals surface area contributed by atoms with Crippen molar-refractivity contribution in [1.82, 2.24) is 4.90 Å². The van der Waals surface area contributed by atoms with Gasteiger partial charge in [0, 0.05) is 19.5 Å². The molecule has 4 N–H and O–H groups in total. The van der Waals surface area contributed by atoms with Crippen LogP contribution in [0.1, 0.15) is 51.4 Å². The summed E-state index contributed by atoms with van der Waals surface area (Å²) in [5, 5.41) is 0. The van der Waals surface area contributed by atoms with Crippen LogP contribution in [-0.2, 0) is 9.59 Å². The molecule has 108 valence electrons. The van der Waals surface area contributed by atoms with Crippen LogP contribution >= 0.6 is 0 Å². The molecule has 1 aliphatic carbocycles. The molecule has 2 aliphatic rings. The molecule has 0 aromatic rings. The molecule has 2 rings (SSSR count). The van der Waals surface area contributed by atoms with Gasteiger partial charge in [0.1, 0.15) is 0 Å². The topological polar surface area (TPSA) is 89.4 Å². The number of nitrogens with zero attached hydrogens (tertiary/aromatic N) is 1. The number of piperidine rings is 1. The number of primary amides is 1. The third kappa shape index (κ3) is 3.47. The second-order valence-electron chi connectivity index (χ2n) is 6.13. The Kier molecular flexibility index (Phi) is 4.45. The van der Waals surface area contributed by atoms with Crippen molar-refractivity contribution in [2.45, 2.75) is 56.9 Å². The summed E-state index contributed by atoms with van der Waals surface area (Å²) >= 11 is 0. The lowest BCUT2D eigenvalue weighted by Crippen LogP contribution is -2.55. The van der Waals surface area contributed by atoms with Crippen LogP contribution in [0.15, 0.2) is 0 Å². The van der Waals surface area contributed by atoms with Crippen LogP contribution < -0.4 is 11.5 Å². The van der Waals surface area contributed by atoms with E-state index in [0.29, 0.717) is 12.3 Å². The third-order valence-electron chi connectivity index (χ3n) is 4.53. The van der Waals surface area contributed by atoms with Gasteiger partial charge in [-0.05, 0) is 38.0 Å². The van der Waals surface area contributed by atoms with Crippen LogP contribution in [-0.4, -0.2) is 35.3 Å². The molecule has 1 aliphatic heterocycles. The van der Waals surface area contributed by atoms with Gasteiger partial charge in [-0.25, -0.2) is 0 Å². The van der Waals surface area contributed by atoms with Crippen LogP contribution in [0.2, 0.25) is 0 Å². The number of hydrogen-bond donors (Lipinski definition) is 2. The molecule has 2 fully saturated rings. The fraction of sp³-hybridized carbons (Fsp3) is 0.857. The number of rotatable bonds is 4. The van der Waals surface area contributed by atoms with E-state index in [0.717, 1.165) is 58.0 Å². The molecular formula is C14H25N3O2. The highest BCUT2D eigenvalue weighted by molar-refractivity contribution is 5.86. The van der Waals surface area contributed by atoms with Crippen LogP contribution in [0.3, 0.4) is 0 Å². The molecule has 5 nitrogen and oxygen atoms in total. The molecule has 5 heteroatoms. The van der Waals surface area contributed by atoms with Gasteiger partial charge >= 0.3 is 0 Å². The van der Waals surface area contributed by atoms with E-state index in [4.69, 9.17) is 11.5 Å². The fourth-order valence-corrected chi connectivity index (χ4v) is 3.37. The van der Waals surface area contributed by atoms with Gasteiger partial charge in [0.25, 0.3) is 0 Å². The number of likely N-dealkylation sites (tertiary alicyclic amines) is 1. The fourth-order valence-electron chi connectivity index (χ4n) is 3.37. The smallest absolute Gasteiger partial charge is 0.242 e. The second-order valence-corrected chi connectivity index (χ2v) is 6.13. The van der Waals surface area contributed by atoms with Gasteiger partial charge in [-0.15, -0.1) is 0 Å². The Morgan fingerprint density at radius 3 is 2.53 bits per heavy atom. The van der Waals surface area contributed by atoms with Crippen molar-refractivity contribution in [1.29, 1.82) is 0 Å². The van der Waals surface area contributed by atoms with Crippen molar-refractivity contribution < 1.29 is 9.59 Å². The van der Waals surface area contributed by atoms with Crippen molar-refractivity contribution in [3.63, 3.8) is 0 Å². The second kappa shape index (κ2) is 5.90. The van der Waals surface area contributed by atoms with Gasteiger partial charge in [0.15, 0.2) is 0 Å². The zero-order valence-electron chi connectivity index (χ0n) is 11.6. The third-order valence-corrected chi connectivity index (χ3v) is 4.53. The summed E-state index contributed by atoms with van der Waals surface area (Å²) in [5.41, 5.74) is 10.8. The van der Waals surface area contributed by atoms with Crippen molar-refractivity contribution >= 4 is 11.8 Å². The van der Waals surface area contributed by atoms with Gasteiger partial charge in [0.05, 0.1) is 5.54 Å². The van der Waals surface area contributed by atoms with E-state index >= 15 is 0 Å². The quantitative estimate of drug-likeness (QED) is 0.788. The molecule has 0 aromatic heterocycles. The van der Waals surface area contributed by atoms with Crippen LogP contribution in [0.25, 0.3) is 0 Å². The van der Waals surface area contributed by atoms with Crippen molar-refractivity contribution in [2.24, 2.45) is 17.4 Å². The van der Waals surface area contributed by atoms with E-state index in [1.165, 1.54) is 0 Å². The maximum absolute atomic E-state index is 12.5. The molecular weight excluding hydrogens is 242 g/mol. The number of hydrogen-bond acceptors (Lipinski definition) is 3. The summed E-state index contributed by atoms with van der Waals surface area (Å²) in [6.07, 6.45) is 7.03. The minimum absolute atomic E-state index is 0.119. The van der Waals surface area contributed by atoms with Crippen LogP contribution in [0.4, 0.5) is 0 Å². The first-order chi connectivity index (χ1) is 9.01. The maximum atomic E-state index is 12.5. The van der Waals surface area contributed by atoms with E-state index in [9.17, 15) is 9.59 Å². The average Bonchev–Trinajstić information content (AvgIpc) is 2.84. The Hall–Kier alpha value is -1.10. The highest BCUT2D eigenvalue weighted by atomic mass is 16.2. The molecule has 1 saturated carbocycles. The highest BCUT2D eigenvalue weighted by Gasteiger charge is 2.40. The SMILES string of the molecule is NC(=O)CCC1CCCN(C(=O)C2(N)CCCC2)C1. The lowest BCUT2D eigenvalue weighted by molar-refractivity contribution is -0.138. The summed E-state index contributed by atoms with van der Waals surface area (Å²) in [5.74, 6) is 0.263. The highest BCUT2D eigenvalue weighted by Crippen LogP contribution is 2.31. The van der Waals surface area contributed by atoms with E-state index in [1.54, 1.807) is 0 Å². The van der Waals surface area contributed by atoms with Gasteiger partial charge in [-0.2, -0.15) is 0 Å². The van der Waals surface area contributed by atoms with E-state index in [2.05, 4.69) is 0 Å². The maximum Gasteiger partial charge on any atom is 0.242 e. The summed E-state index contributed by atoms with van der Waals surface area (Å²) in [7, 11) is 0. The molecule has 1 atom stereocenters. The zero-order valence-corrected chi connectivity index (χ0v) is 11.6. The molecule has 0 radical (unpaired) electrons. The first-order valence-electron chi connectivity index (χ1n) is 7.38. The Labute approximate surface area is 114 Å². The van der Waals surface area contributed by atoms with E-state index < -0.39 is 5.54 Å². The minimum Gasteiger partial charge on any atom is -0.370 e. The van der Waals surface area contributed by atoms with Gasteiger partial charge in [-0.1, -0.05) is 12.8 Å². The normalized spacial score (nSPS) is 26.4. The number of amides is 2. The summed E-state index contributed by atoms with van der Waals surface area (Å²) in [6.45, 7) is 1.55. The molecule has 19 heavy (non-hydrogen) atoms. The molecule has 1 heterocycles. The Balaban J connectivity index is 1.89. The largest absolute Gasteiger partial charge is 0.370 e. The van der Waals surface area contributed by atoms with Gasteiger partial charge in [0.2, 0.25) is 11.8 Å². The Morgan fingerprint density at radius 2 is 1.89 bits per heavy atom. The van der Waals surface area contributed by atoms with Crippen molar-refractivity contribution in [2.75, 3.05) is 13.1 Å². The summed E-state index contributed by atoms with van der Waals surface area (Å²) in [6, 6.07) is 0. The zero-order chi connectivity index (χ0) is 13.9. The molecule has 0 aromatic carbocycles. The van der Waals surface area contributed by atoms with E-state index in [-0.39, 0.29) is 11.8 Å². The number of nitrogens with two attached hydrogens (primary N) is 2. The Bertz CT molecular complexity index is 351. The summed E-state index contributed by atoms with van der Waals surface area (Å²) in [4.78, 5) is 25.3.